The Hall–Kier alpha value is -0.840. The molecule has 1 saturated heterocycles. The van der Waals surface area contributed by atoms with E-state index in [-0.39, 0.29) is 0 Å². The van der Waals surface area contributed by atoms with Crippen LogP contribution < -0.4 is 0 Å². The van der Waals surface area contributed by atoms with Crippen LogP contribution in [0.25, 0.3) is 0 Å². The van der Waals surface area contributed by atoms with Crippen LogP contribution >= 0.6 is 27.3 Å². The van der Waals surface area contributed by atoms with Crippen molar-refractivity contribution in [3.63, 3.8) is 0 Å². The van der Waals surface area contributed by atoms with Crippen molar-refractivity contribution in [3.05, 3.63) is 50.6 Å². The van der Waals surface area contributed by atoms with Crippen molar-refractivity contribution >= 4 is 27.3 Å². The average molecular weight is 366 g/mol. The average Bonchev–Trinajstić information content (AvgIpc) is 2.90. The molecule has 1 fully saturated rings. The summed E-state index contributed by atoms with van der Waals surface area (Å²) < 4.78 is 1.03. The van der Waals surface area contributed by atoms with Crippen molar-refractivity contribution in [1.29, 1.82) is 0 Å². The van der Waals surface area contributed by atoms with Crippen LogP contribution in [0.1, 0.15) is 42.2 Å². The highest BCUT2D eigenvalue weighted by atomic mass is 79.9. The van der Waals surface area contributed by atoms with E-state index in [9.17, 15) is 5.11 Å². The summed E-state index contributed by atoms with van der Waals surface area (Å²) >= 11 is 5.35. The number of phenols is 1. The second-order valence-electron chi connectivity index (χ2n) is 5.62. The maximum atomic E-state index is 10.1. The fraction of sp³-hybridized carbons (Fsp3) is 0.412. The molecule has 4 heteroatoms. The molecule has 0 saturated carbocycles. The lowest BCUT2D eigenvalue weighted by Crippen LogP contribution is -2.27. The molecule has 3 rings (SSSR count). The first-order valence-corrected chi connectivity index (χ1v) is 9.16. The summed E-state index contributed by atoms with van der Waals surface area (Å²) in [6.45, 7) is 1.92. The number of rotatable bonds is 3. The molecule has 0 amide bonds. The quantitative estimate of drug-likeness (QED) is 0.793. The topological polar surface area (TPSA) is 23.5 Å². The molecule has 1 aromatic heterocycles. The van der Waals surface area contributed by atoms with Gasteiger partial charge in [-0.25, -0.2) is 0 Å². The largest absolute Gasteiger partial charge is 0.508 e. The molecule has 1 aliphatic rings. The molecule has 0 radical (unpaired) electrons. The summed E-state index contributed by atoms with van der Waals surface area (Å²) in [5.74, 6) is 0.396. The summed E-state index contributed by atoms with van der Waals surface area (Å²) in [5.41, 5.74) is 1.01. The van der Waals surface area contributed by atoms with Gasteiger partial charge in [-0.15, -0.1) is 11.3 Å². The maximum absolute atomic E-state index is 10.1. The number of phenolic OH excluding ortho intramolecular Hbond substituents is 1. The molecule has 0 unspecified atom stereocenters. The first-order valence-electron chi connectivity index (χ1n) is 7.49. The van der Waals surface area contributed by atoms with Gasteiger partial charge in [0.05, 0.1) is 0 Å². The lowest BCUT2D eigenvalue weighted by molar-refractivity contribution is 0.193. The van der Waals surface area contributed by atoms with E-state index < -0.39 is 0 Å². The molecule has 0 bridgehead atoms. The van der Waals surface area contributed by atoms with Gasteiger partial charge in [0.2, 0.25) is 0 Å². The third-order valence-corrected chi connectivity index (χ3v) is 5.62. The lowest BCUT2D eigenvalue weighted by atomic mass is 10.1. The summed E-state index contributed by atoms with van der Waals surface area (Å²) in [6.07, 6.45) is 5.07. The van der Waals surface area contributed by atoms with E-state index in [1.165, 1.54) is 30.6 Å². The Balaban J connectivity index is 1.84. The van der Waals surface area contributed by atoms with Crippen molar-refractivity contribution in [1.82, 2.24) is 4.90 Å². The van der Waals surface area contributed by atoms with Gasteiger partial charge in [-0.1, -0.05) is 34.8 Å². The SMILES string of the molecule is Oc1ccc(Br)cc1CN1CCCCC[C@@H]1c1cccs1. The van der Waals surface area contributed by atoms with Crippen LogP contribution in [0.4, 0.5) is 0 Å². The van der Waals surface area contributed by atoms with Crippen LogP contribution in [-0.2, 0) is 6.54 Å². The Bertz CT molecular complexity index is 584. The zero-order valence-electron chi connectivity index (χ0n) is 12.0. The van der Waals surface area contributed by atoms with Gasteiger partial charge in [-0.3, -0.25) is 4.90 Å². The molecule has 1 aliphatic heterocycles. The molecule has 1 aromatic carbocycles. The Labute approximate surface area is 138 Å². The molecule has 0 aliphatic carbocycles. The second-order valence-corrected chi connectivity index (χ2v) is 7.52. The summed E-state index contributed by atoms with van der Waals surface area (Å²) in [6, 6.07) is 10.6. The molecule has 1 N–H and O–H groups in total. The van der Waals surface area contributed by atoms with E-state index in [1.54, 1.807) is 6.07 Å². The zero-order valence-corrected chi connectivity index (χ0v) is 14.4. The first kappa shape index (κ1) is 15.1. The Morgan fingerprint density at radius 2 is 2.14 bits per heavy atom. The molecular weight excluding hydrogens is 346 g/mol. The lowest BCUT2D eigenvalue weighted by Gasteiger charge is -2.29. The molecule has 2 nitrogen and oxygen atoms in total. The van der Waals surface area contributed by atoms with Gasteiger partial charge >= 0.3 is 0 Å². The van der Waals surface area contributed by atoms with Crippen LogP contribution in [0, 0.1) is 0 Å². The van der Waals surface area contributed by atoms with Gasteiger partial charge in [0, 0.05) is 27.5 Å². The summed E-state index contributed by atoms with van der Waals surface area (Å²) in [4.78, 5) is 3.98. The van der Waals surface area contributed by atoms with Gasteiger partial charge in [0.1, 0.15) is 5.75 Å². The number of thiophene rings is 1. The highest BCUT2D eigenvalue weighted by Crippen LogP contribution is 2.35. The fourth-order valence-electron chi connectivity index (χ4n) is 3.06. The standard InChI is InChI=1S/C17H20BrNOS/c18-14-7-8-16(20)13(11-14)12-19-9-3-1-2-5-15(19)17-6-4-10-21-17/h4,6-8,10-11,15,20H,1-3,5,9,12H2/t15-/m1/s1. The van der Waals surface area contributed by atoms with Crippen LogP contribution in [0.15, 0.2) is 40.2 Å². The zero-order chi connectivity index (χ0) is 14.7. The van der Waals surface area contributed by atoms with Crippen molar-refractivity contribution in [2.45, 2.75) is 38.3 Å². The third kappa shape index (κ3) is 3.68. The van der Waals surface area contributed by atoms with E-state index in [0.29, 0.717) is 11.8 Å². The Morgan fingerprint density at radius 1 is 1.24 bits per heavy atom. The number of benzene rings is 1. The van der Waals surface area contributed by atoms with E-state index in [0.717, 1.165) is 23.1 Å². The van der Waals surface area contributed by atoms with Gasteiger partial charge < -0.3 is 5.11 Å². The van der Waals surface area contributed by atoms with Crippen LogP contribution in [0.3, 0.4) is 0 Å². The smallest absolute Gasteiger partial charge is 0.120 e. The number of aromatic hydroxyl groups is 1. The van der Waals surface area contributed by atoms with Crippen molar-refractivity contribution in [2.24, 2.45) is 0 Å². The number of likely N-dealkylation sites (tertiary alicyclic amines) is 1. The molecule has 2 heterocycles. The van der Waals surface area contributed by atoms with Crippen LogP contribution in [0.2, 0.25) is 0 Å². The number of hydrogen-bond donors (Lipinski definition) is 1. The van der Waals surface area contributed by atoms with Crippen molar-refractivity contribution in [2.75, 3.05) is 6.54 Å². The normalized spacial score (nSPS) is 20.3. The molecule has 21 heavy (non-hydrogen) atoms. The van der Waals surface area contributed by atoms with Crippen molar-refractivity contribution in [3.8, 4) is 5.75 Å². The molecule has 0 spiro atoms. The minimum absolute atomic E-state index is 0.396. The molecule has 1 atom stereocenters. The van der Waals surface area contributed by atoms with E-state index >= 15 is 0 Å². The highest BCUT2D eigenvalue weighted by Gasteiger charge is 2.24. The molecule has 2 aromatic rings. The summed E-state index contributed by atoms with van der Waals surface area (Å²) in [5, 5.41) is 12.3. The van der Waals surface area contributed by atoms with Crippen LogP contribution in [-0.4, -0.2) is 16.6 Å². The minimum Gasteiger partial charge on any atom is -0.508 e. The van der Waals surface area contributed by atoms with Gasteiger partial charge in [-0.05, 0) is 49.0 Å². The Kier molecular flexibility index (Phi) is 4.99. The fourth-order valence-corrected chi connectivity index (χ4v) is 4.36. The minimum atomic E-state index is 0.396. The monoisotopic (exact) mass is 365 g/mol. The predicted octanol–water partition coefficient (Wildman–Crippen LogP) is 5.33. The third-order valence-electron chi connectivity index (χ3n) is 4.15. The van der Waals surface area contributed by atoms with E-state index in [2.05, 4.69) is 38.3 Å². The Morgan fingerprint density at radius 3 is 2.95 bits per heavy atom. The maximum Gasteiger partial charge on any atom is 0.120 e. The number of halogens is 1. The number of nitrogens with zero attached hydrogens (tertiary/aromatic N) is 1. The predicted molar refractivity (Wildman–Crippen MR) is 91.7 cm³/mol. The van der Waals surface area contributed by atoms with E-state index in [1.807, 2.05) is 23.5 Å². The van der Waals surface area contributed by atoms with Crippen LogP contribution in [0.5, 0.6) is 5.75 Å². The molecule has 112 valence electrons. The highest BCUT2D eigenvalue weighted by molar-refractivity contribution is 9.10. The summed E-state index contributed by atoms with van der Waals surface area (Å²) in [7, 11) is 0. The van der Waals surface area contributed by atoms with Gasteiger partial charge in [-0.2, -0.15) is 0 Å². The first-order chi connectivity index (χ1) is 10.2. The second kappa shape index (κ2) is 6.95. The van der Waals surface area contributed by atoms with Gasteiger partial charge in [0.25, 0.3) is 0 Å². The van der Waals surface area contributed by atoms with E-state index in [4.69, 9.17) is 0 Å². The molecular formula is C17H20BrNOS. The van der Waals surface area contributed by atoms with Gasteiger partial charge in [0.15, 0.2) is 0 Å². The van der Waals surface area contributed by atoms with Crippen molar-refractivity contribution < 1.29 is 5.11 Å². The number of hydrogen-bond acceptors (Lipinski definition) is 3.